The molecule has 1 atom stereocenters. The highest BCUT2D eigenvalue weighted by Gasteiger charge is 2.11. The molecule has 0 spiro atoms. The van der Waals surface area contributed by atoms with Gasteiger partial charge in [0, 0.05) is 19.7 Å². The van der Waals surface area contributed by atoms with E-state index >= 15 is 0 Å². The van der Waals surface area contributed by atoms with Crippen LogP contribution in [0.1, 0.15) is 17.4 Å². The van der Waals surface area contributed by atoms with E-state index in [2.05, 4.69) is 21.0 Å². The van der Waals surface area contributed by atoms with Gasteiger partial charge in [0.05, 0.1) is 15.6 Å². The van der Waals surface area contributed by atoms with E-state index in [1.54, 1.807) is 16.0 Å². The van der Waals surface area contributed by atoms with Crippen molar-refractivity contribution in [3.8, 4) is 0 Å². The van der Waals surface area contributed by atoms with Gasteiger partial charge < -0.3 is 5.11 Å². The fourth-order valence-electron chi connectivity index (χ4n) is 1.39. The van der Waals surface area contributed by atoms with Gasteiger partial charge in [-0.3, -0.25) is 4.68 Å². The minimum Gasteiger partial charge on any atom is -0.388 e. The van der Waals surface area contributed by atoms with Crippen LogP contribution in [0.4, 0.5) is 0 Å². The summed E-state index contributed by atoms with van der Waals surface area (Å²) in [6.07, 6.45) is 1.97. The Labute approximate surface area is 100 Å². The Balaban J connectivity index is 2.06. The second kappa shape index (κ2) is 4.47. The average molecular weight is 287 g/mol. The van der Waals surface area contributed by atoms with Crippen molar-refractivity contribution in [1.29, 1.82) is 0 Å². The third-order valence-electron chi connectivity index (χ3n) is 2.14. The third kappa shape index (κ3) is 2.68. The molecule has 0 aromatic carbocycles. The van der Waals surface area contributed by atoms with Gasteiger partial charge in [0.1, 0.15) is 0 Å². The van der Waals surface area contributed by atoms with Crippen LogP contribution in [0.5, 0.6) is 0 Å². The highest BCUT2D eigenvalue weighted by atomic mass is 79.9. The average Bonchev–Trinajstić information content (AvgIpc) is 2.75. The molecule has 1 N–H and O–H groups in total. The van der Waals surface area contributed by atoms with E-state index in [-0.39, 0.29) is 0 Å². The molecule has 0 fully saturated rings. The quantitative estimate of drug-likeness (QED) is 0.942. The van der Waals surface area contributed by atoms with Crippen LogP contribution in [0.25, 0.3) is 0 Å². The summed E-state index contributed by atoms with van der Waals surface area (Å²) in [5.74, 6) is 0. The SMILES string of the molecule is Cn1ccc(CC(O)c2csc(Br)c2)n1. The summed E-state index contributed by atoms with van der Waals surface area (Å²) < 4.78 is 2.78. The van der Waals surface area contributed by atoms with Gasteiger partial charge in [0.15, 0.2) is 0 Å². The number of hydrogen-bond acceptors (Lipinski definition) is 3. The van der Waals surface area contributed by atoms with Crippen LogP contribution in [0.3, 0.4) is 0 Å². The van der Waals surface area contributed by atoms with E-state index in [4.69, 9.17) is 0 Å². The molecule has 80 valence electrons. The molecule has 0 aliphatic carbocycles. The second-order valence-corrected chi connectivity index (χ2v) is 5.68. The predicted molar refractivity (Wildman–Crippen MR) is 63.9 cm³/mol. The lowest BCUT2D eigenvalue weighted by Crippen LogP contribution is -2.01. The van der Waals surface area contributed by atoms with Crippen molar-refractivity contribution < 1.29 is 5.11 Å². The zero-order valence-electron chi connectivity index (χ0n) is 8.22. The highest BCUT2D eigenvalue weighted by Crippen LogP contribution is 2.26. The molecule has 2 heterocycles. The lowest BCUT2D eigenvalue weighted by molar-refractivity contribution is 0.177. The van der Waals surface area contributed by atoms with Gasteiger partial charge in [-0.2, -0.15) is 5.10 Å². The fraction of sp³-hybridized carbons (Fsp3) is 0.300. The van der Waals surface area contributed by atoms with Crippen molar-refractivity contribution in [2.75, 3.05) is 0 Å². The largest absolute Gasteiger partial charge is 0.388 e. The number of aromatic nitrogens is 2. The maximum atomic E-state index is 9.93. The first kappa shape index (κ1) is 10.9. The molecular formula is C10H11BrN2OS. The number of aliphatic hydroxyl groups excluding tert-OH is 1. The first-order chi connectivity index (χ1) is 7.15. The van der Waals surface area contributed by atoms with Crippen molar-refractivity contribution in [2.45, 2.75) is 12.5 Å². The molecule has 1 unspecified atom stereocenters. The number of hydrogen-bond donors (Lipinski definition) is 1. The van der Waals surface area contributed by atoms with Crippen molar-refractivity contribution in [2.24, 2.45) is 7.05 Å². The number of aryl methyl sites for hydroxylation is 1. The number of nitrogens with zero attached hydrogens (tertiary/aromatic N) is 2. The van der Waals surface area contributed by atoms with Gasteiger partial charge in [-0.15, -0.1) is 11.3 Å². The zero-order chi connectivity index (χ0) is 10.8. The van der Waals surface area contributed by atoms with Gasteiger partial charge in [0.25, 0.3) is 0 Å². The van der Waals surface area contributed by atoms with Gasteiger partial charge in [0.2, 0.25) is 0 Å². The summed E-state index contributed by atoms with van der Waals surface area (Å²) in [6.45, 7) is 0. The van der Waals surface area contributed by atoms with Crippen LogP contribution < -0.4 is 0 Å². The molecule has 2 rings (SSSR count). The normalized spacial score (nSPS) is 13.0. The molecular weight excluding hydrogens is 276 g/mol. The first-order valence-electron chi connectivity index (χ1n) is 4.55. The smallest absolute Gasteiger partial charge is 0.0854 e. The summed E-state index contributed by atoms with van der Waals surface area (Å²) in [5.41, 5.74) is 1.85. The Morgan fingerprint density at radius 2 is 2.47 bits per heavy atom. The van der Waals surface area contributed by atoms with Crippen LogP contribution in [-0.2, 0) is 13.5 Å². The van der Waals surface area contributed by atoms with Gasteiger partial charge >= 0.3 is 0 Å². The number of rotatable bonds is 3. The number of thiophene rings is 1. The Bertz CT molecular complexity index is 452. The van der Waals surface area contributed by atoms with E-state index < -0.39 is 6.10 Å². The molecule has 0 radical (unpaired) electrons. The molecule has 5 heteroatoms. The number of aliphatic hydroxyl groups is 1. The Hall–Kier alpha value is -0.650. The van der Waals surface area contributed by atoms with Crippen LogP contribution in [0.2, 0.25) is 0 Å². The highest BCUT2D eigenvalue weighted by molar-refractivity contribution is 9.11. The van der Waals surface area contributed by atoms with Crippen molar-refractivity contribution in [3.63, 3.8) is 0 Å². The fourth-order valence-corrected chi connectivity index (χ4v) is 2.61. The molecule has 2 aromatic heterocycles. The third-order valence-corrected chi connectivity index (χ3v) is 3.67. The molecule has 0 bridgehead atoms. The first-order valence-corrected chi connectivity index (χ1v) is 6.23. The van der Waals surface area contributed by atoms with Crippen LogP contribution >= 0.6 is 27.3 Å². The monoisotopic (exact) mass is 286 g/mol. The van der Waals surface area contributed by atoms with E-state index in [0.29, 0.717) is 6.42 Å². The lowest BCUT2D eigenvalue weighted by Gasteiger charge is -2.05. The van der Waals surface area contributed by atoms with E-state index in [0.717, 1.165) is 15.0 Å². The van der Waals surface area contributed by atoms with Crippen molar-refractivity contribution in [3.05, 3.63) is 38.8 Å². The molecule has 15 heavy (non-hydrogen) atoms. The van der Waals surface area contributed by atoms with Gasteiger partial charge in [-0.25, -0.2) is 0 Å². The standard InChI is InChI=1S/C10H11BrN2OS/c1-13-3-2-8(12-13)5-9(14)7-4-10(11)15-6-7/h2-4,6,9,14H,5H2,1H3. The van der Waals surface area contributed by atoms with Crippen molar-refractivity contribution in [1.82, 2.24) is 9.78 Å². The molecule has 2 aromatic rings. The molecule has 0 amide bonds. The van der Waals surface area contributed by atoms with Gasteiger partial charge in [-0.05, 0) is 39.0 Å². The van der Waals surface area contributed by atoms with Crippen LogP contribution in [0, 0.1) is 0 Å². The Morgan fingerprint density at radius 1 is 1.67 bits per heavy atom. The van der Waals surface area contributed by atoms with Crippen molar-refractivity contribution >= 4 is 27.3 Å². The van der Waals surface area contributed by atoms with Gasteiger partial charge in [-0.1, -0.05) is 0 Å². The second-order valence-electron chi connectivity index (χ2n) is 3.38. The zero-order valence-corrected chi connectivity index (χ0v) is 10.6. The minimum absolute atomic E-state index is 0.470. The molecule has 3 nitrogen and oxygen atoms in total. The Morgan fingerprint density at radius 3 is 3.00 bits per heavy atom. The summed E-state index contributed by atoms with van der Waals surface area (Å²) in [5, 5.41) is 16.1. The lowest BCUT2D eigenvalue weighted by atomic mass is 10.1. The molecule has 0 saturated heterocycles. The summed E-state index contributed by atoms with van der Waals surface area (Å²) in [4.78, 5) is 0. The van der Waals surface area contributed by atoms with E-state index in [9.17, 15) is 5.11 Å². The summed E-state index contributed by atoms with van der Waals surface area (Å²) in [7, 11) is 1.87. The van der Waals surface area contributed by atoms with E-state index in [1.165, 1.54) is 0 Å². The van der Waals surface area contributed by atoms with Crippen LogP contribution in [0.15, 0.2) is 27.5 Å². The van der Waals surface area contributed by atoms with E-state index in [1.807, 2.05) is 30.8 Å². The molecule has 0 aliphatic rings. The number of halogens is 1. The predicted octanol–water partition coefficient (Wildman–Crippen LogP) is 2.52. The van der Waals surface area contributed by atoms with Crippen LogP contribution in [-0.4, -0.2) is 14.9 Å². The summed E-state index contributed by atoms with van der Waals surface area (Å²) in [6, 6.07) is 3.86. The molecule has 0 aliphatic heterocycles. The summed E-state index contributed by atoms with van der Waals surface area (Å²) >= 11 is 4.96. The topological polar surface area (TPSA) is 38.0 Å². The maximum absolute atomic E-state index is 9.93. The Kier molecular flexibility index (Phi) is 3.23. The minimum atomic E-state index is -0.470. The maximum Gasteiger partial charge on any atom is 0.0854 e. The molecule has 0 saturated carbocycles.